The van der Waals surface area contributed by atoms with Gasteiger partial charge in [0, 0.05) is 11.8 Å². The Hall–Kier alpha value is -1.63. The second-order valence-electron chi connectivity index (χ2n) is 9.40. The summed E-state index contributed by atoms with van der Waals surface area (Å²) >= 11 is 0. The van der Waals surface area contributed by atoms with Gasteiger partial charge in [0.2, 0.25) is 0 Å². The van der Waals surface area contributed by atoms with E-state index in [2.05, 4.69) is 13.8 Å². The van der Waals surface area contributed by atoms with Crippen molar-refractivity contribution in [1.82, 2.24) is 0 Å². The molecule has 0 aliphatic heterocycles. The summed E-state index contributed by atoms with van der Waals surface area (Å²) in [7, 11) is 0. The average molecular weight is 355 g/mol. The van der Waals surface area contributed by atoms with Crippen LogP contribution in [0, 0.1) is 39.9 Å². The Labute approximate surface area is 156 Å². The van der Waals surface area contributed by atoms with Crippen molar-refractivity contribution >= 4 is 11.8 Å². The molecule has 0 saturated heterocycles. The molecule has 4 aliphatic carbocycles. The van der Waals surface area contributed by atoms with Gasteiger partial charge in [-0.25, -0.2) is 0 Å². The SMILES string of the molecule is C[C@]12CCC(=O)C=C1CC[C@@H]1[C@H]2CC[C@]2(C)C(OC(=O)CC#N)CC[C@@H]12. The minimum atomic E-state index is -0.367. The highest BCUT2D eigenvalue weighted by Crippen LogP contribution is 2.65. The summed E-state index contributed by atoms with van der Waals surface area (Å²) in [6, 6.07) is 1.90. The zero-order valence-corrected chi connectivity index (χ0v) is 15.9. The lowest BCUT2D eigenvalue weighted by Gasteiger charge is -2.57. The van der Waals surface area contributed by atoms with E-state index in [9.17, 15) is 9.59 Å². The molecule has 4 heteroatoms. The number of fused-ring (bicyclic) bond motifs is 5. The molecular weight excluding hydrogens is 326 g/mol. The van der Waals surface area contributed by atoms with Crippen molar-refractivity contribution in [3.63, 3.8) is 0 Å². The molecule has 1 unspecified atom stereocenters. The molecule has 4 aliphatic rings. The van der Waals surface area contributed by atoms with Crippen molar-refractivity contribution in [2.75, 3.05) is 0 Å². The maximum Gasteiger partial charge on any atom is 0.320 e. The third kappa shape index (κ3) is 2.54. The Morgan fingerprint density at radius 1 is 1.19 bits per heavy atom. The molecule has 140 valence electrons. The van der Waals surface area contributed by atoms with Gasteiger partial charge < -0.3 is 4.74 Å². The molecule has 0 aromatic carbocycles. The number of nitriles is 1. The molecule has 6 atom stereocenters. The van der Waals surface area contributed by atoms with Crippen LogP contribution >= 0.6 is 0 Å². The minimum absolute atomic E-state index is 0.0352. The number of hydrogen-bond acceptors (Lipinski definition) is 4. The molecular formula is C22H29NO3. The maximum atomic E-state index is 11.9. The van der Waals surface area contributed by atoms with E-state index in [1.807, 2.05) is 12.1 Å². The molecule has 3 saturated carbocycles. The number of rotatable bonds is 2. The second-order valence-corrected chi connectivity index (χ2v) is 9.40. The standard InChI is InChI=1S/C22H29NO3/c1-21-10-7-15(24)13-14(21)3-4-16-17-5-6-19(26-20(25)9-12-23)22(17,2)11-8-18(16)21/h13,16-19H,3-11H2,1-2H3/t16-,17-,18+,19?,21-,22-/m0/s1. The van der Waals surface area contributed by atoms with Crippen molar-refractivity contribution in [1.29, 1.82) is 5.26 Å². The van der Waals surface area contributed by atoms with Crippen LogP contribution in [0.1, 0.15) is 71.6 Å². The highest BCUT2D eigenvalue weighted by molar-refractivity contribution is 5.91. The molecule has 0 aromatic rings. The van der Waals surface area contributed by atoms with Crippen LogP contribution < -0.4 is 0 Å². The van der Waals surface area contributed by atoms with Crippen molar-refractivity contribution < 1.29 is 14.3 Å². The molecule has 0 amide bonds. The number of carbonyl (C=O) groups is 2. The zero-order valence-electron chi connectivity index (χ0n) is 15.9. The van der Waals surface area contributed by atoms with E-state index < -0.39 is 0 Å². The molecule has 0 spiro atoms. The van der Waals surface area contributed by atoms with Crippen molar-refractivity contribution in [2.45, 2.75) is 77.7 Å². The first-order valence-electron chi connectivity index (χ1n) is 10.2. The van der Waals surface area contributed by atoms with Gasteiger partial charge in [-0.15, -0.1) is 0 Å². The summed E-state index contributed by atoms with van der Waals surface area (Å²) in [4.78, 5) is 23.8. The van der Waals surface area contributed by atoms with Gasteiger partial charge in [-0.3, -0.25) is 9.59 Å². The summed E-state index contributed by atoms with van der Waals surface area (Å²) in [5.41, 5.74) is 1.64. The van der Waals surface area contributed by atoms with Crippen LogP contribution in [0.2, 0.25) is 0 Å². The van der Waals surface area contributed by atoms with Crippen molar-refractivity contribution in [3.05, 3.63) is 11.6 Å². The Balaban J connectivity index is 1.57. The fraction of sp³-hybridized carbons (Fsp3) is 0.773. The first kappa shape index (κ1) is 17.8. The van der Waals surface area contributed by atoms with Crippen LogP contribution in [0.15, 0.2) is 11.6 Å². The van der Waals surface area contributed by atoms with Gasteiger partial charge in [0.1, 0.15) is 12.5 Å². The second kappa shape index (κ2) is 6.22. The lowest BCUT2D eigenvalue weighted by molar-refractivity contribution is -0.158. The fourth-order valence-electron chi connectivity index (χ4n) is 6.97. The van der Waals surface area contributed by atoms with E-state index in [-0.39, 0.29) is 29.3 Å². The third-order valence-corrected chi connectivity index (χ3v) is 8.37. The van der Waals surface area contributed by atoms with E-state index in [0.29, 0.717) is 30.0 Å². The maximum absolute atomic E-state index is 11.9. The number of esters is 1. The van der Waals surface area contributed by atoms with Crippen LogP contribution in [-0.4, -0.2) is 17.9 Å². The predicted octanol–water partition coefficient (Wildman–Crippen LogP) is 4.34. The molecule has 0 aromatic heterocycles. The van der Waals surface area contributed by atoms with Gasteiger partial charge in [-0.2, -0.15) is 5.26 Å². The number of ketones is 1. The molecule has 0 bridgehead atoms. The molecule has 3 fully saturated rings. The minimum Gasteiger partial charge on any atom is -0.461 e. The summed E-state index contributed by atoms with van der Waals surface area (Å²) < 4.78 is 5.73. The number of ether oxygens (including phenoxy) is 1. The Morgan fingerprint density at radius 2 is 2.00 bits per heavy atom. The van der Waals surface area contributed by atoms with Gasteiger partial charge in [0.25, 0.3) is 0 Å². The van der Waals surface area contributed by atoms with E-state index in [4.69, 9.17) is 10.00 Å². The summed E-state index contributed by atoms with van der Waals surface area (Å²) in [5, 5.41) is 8.74. The lowest BCUT2D eigenvalue weighted by atomic mass is 9.47. The number of nitrogens with zero attached hydrogens (tertiary/aromatic N) is 1. The molecule has 4 nitrogen and oxygen atoms in total. The van der Waals surface area contributed by atoms with E-state index in [1.165, 1.54) is 12.0 Å². The van der Waals surface area contributed by atoms with Crippen molar-refractivity contribution in [2.24, 2.45) is 28.6 Å². The number of allylic oxidation sites excluding steroid dienone is 1. The Morgan fingerprint density at radius 3 is 2.77 bits per heavy atom. The largest absolute Gasteiger partial charge is 0.461 e. The predicted molar refractivity (Wildman–Crippen MR) is 96.8 cm³/mol. The molecule has 0 N–H and O–H groups in total. The van der Waals surface area contributed by atoms with Gasteiger partial charge in [-0.1, -0.05) is 19.4 Å². The Kier molecular flexibility index (Phi) is 4.25. The van der Waals surface area contributed by atoms with E-state index >= 15 is 0 Å². The van der Waals surface area contributed by atoms with E-state index in [0.717, 1.165) is 38.5 Å². The number of hydrogen-bond donors (Lipinski definition) is 0. The molecule has 26 heavy (non-hydrogen) atoms. The molecule has 0 radical (unpaired) electrons. The number of carbonyl (C=O) groups excluding carboxylic acids is 2. The smallest absolute Gasteiger partial charge is 0.320 e. The molecule has 4 rings (SSSR count). The lowest BCUT2D eigenvalue weighted by Crippen LogP contribution is -2.51. The van der Waals surface area contributed by atoms with E-state index in [1.54, 1.807) is 0 Å². The summed E-state index contributed by atoms with van der Waals surface area (Å²) in [6.07, 6.45) is 9.97. The van der Waals surface area contributed by atoms with Gasteiger partial charge in [0.15, 0.2) is 5.78 Å². The van der Waals surface area contributed by atoms with Gasteiger partial charge in [0.05, 0.1) is 6.07 Å². The van der Waals surface area contributed by atoms with Crippen LogP contribution in [0.5, 0.6) is 0 Å². The topological polar surface area (TPSA) is 67.2 Å². The summed E-state index contributed by atoms with van der Waals surface area (Å²) in [6.45, 7) is 4.70. The van der Waals surface area contributed by atoms with Gasteiger partial charge in [-0.05, 0) is 74.2 Å². The quantitative estimate of drug-likeness (QED) is 0.691. The van der Waals surface area contributed by atoms with Crippen LogP contribution in [0.3, 0.4) is 0 Å². The normalized spacial score (nSPS) is 44.2. The van der Waals surface area contributed by atoms with Crippen LogP contribution in [-0.2, 0) is 14.3 Å². The molecule has 0 heterocycles. The first-order chi connectivity index (χ1) is 12.4. The highest BCUT2D eigenvalue weighted by Gasteiger charge is 2.59. The zero-order chi connectivity index (χ0) is 18.5. The first-order valence-corrected chi connectivity index (χ1v) is 10.2. The average Bonchev–Trinajstić information content (AvgIpc) is 2.92. The van der Waals surface area contributed by atoms with Gasteiger partial charge >= 0.3 is 5.97 Å². The van der Waals surface area contributed by atoms with Crippen molar-refractivity contribution in [3.8, 4) is 6.07 Å². The third-order valence-electron chi connectivity index (χ3n) is 8.37. The Bertz CT molecular complexity index is 705. The fourth-order valence-corrected chi connectivity index (χ4v) is 6.97. The van der Waals surface area contributed by atoms with Crippen LogP contribution in [0.25, 0.3) is 0 Å². The van der Waals surface area contributed by atoms with Crippen LogP contribution in [0.4, 0.5) is 0 Å². The highest BCUT2D eigenvalue weighted by atomic mass is 16.5. The monoisotopic (exact) mass is 355 g/mol. The summed E-state index contributed by atoms with van der Waals surface area (Å²) in [5.74, 6) is 1.86.